The highest BCUT2D eigenvalue weighted by Gasteiger charge is 2.23. The summed E-state index contributed by atoms with van der Waals surface area (Å²) in [6.07, 6.45) is -0.837. The molecule has 1 amide bonds. The van der Waals surface area contributed by atoms with E-state index in [1.807, 2.05) is 39.0 Å². The van der Waals surface area contributed by atoms with Gasteiger partial charge in [0.25, 0.3) is 0 Å². The van der Waals surface area contributed by atoms with E-state index >= 15 is 0 Å². The van der Waals surface area contributed by atoms with Crippen molar-refractivity contribution in [2.24, 2.45) is 5.73 Å². The van der Waals surface area contributed by atoms with Gasteiger partial charge in [0.1, 0.15) is 18.2 Å². The lowest BCUT2D eigenvalue weighted by atomic mass is 10.0. The Balaban J connectivity index is 0.00000104. The van der Waals surface area contributed by atoms with Crippen molar-refractivity contribution in [1.29, 1.82) is 0 Å². The molecule has 2 aromatic rings. The summed E-state index contributed by atoms with van der Waals surface area (Å²) in [5.74, 6) is -1.70. The maximum absolute atomic E-state index is 12.2. The van der Waals surface area contributed by atoms with Gasteiger partial charge >= 0.3 is 18.0 Å². The molecule has 0 unspecified atom stereocenters. The predicted octanol–water partition coefficient (Wildman–Crippen LogP) is 4.31. The van der Waals surface area contributed by atoms with E-state index in [1.54, 1.807) is 57.2 Å². The van der Waals surface area contributed by atoms with Gasteiger partial charge in [-0.1, -0.05) is 42.5 Å². The van der Waals surface area contributed by atoms with Crippen molar-refractivity contribution in [2.75, 3.05) is 0 Å². The van der Waals surface area contributed by atoms with Crippen molar-refractivity contribution >= 4 is 18.0 Å². The number of rotatable bonds is 7. The Hall–Kier alpha value is -3.39. The molecule has 0 aliphatic heterocycles. The van der Waals surface area contributed by atoms with Crippen LogP contribution in [0.15, 0.2) is 54.6 Å². The van der Waals surface area contributed by atoms with Crippen LogP contribution in [0.3, 0.4) is 0 Å². The predicted molar refractivity (Wildman–Crippen MR) is 130 cm³/mol. The van der Waals surface area contributed by atoms with Crippen LogP contribution in [-0.4, -0.2) is 40.3 Å². The summed E-state index contributed by atoms with van der Waals surface area (Å²) in [6.45, 7) is 11.2. The molecule has 0 saturated heterocycles. The molecular formula is C26H36N2O6. The first-order valence-corrected chi connectivity index (χ1v) is 11.0. The lowest BCUT2D eigenvalue weighted by Gasteiger charge is -2.20. The molecule has 4 N–H and O–H groups in total. The number of amides is 1. The molecule has 0 bridgehead atoms. The molecule has 0 spiro atoms. The van der Waals surface area contributed by atoms with E-state index in [9.17, 15) is 19.5 Å². The van der Waals surface area contributed by atoms with Crippen molar-refractivity contribution < 1.29 is 29.0 Å². The fraction of sp³-hybridized carbons (Fsp3) is 0.423. The molecule has 2 rings (SSSR count). The van der Waals surface area contributed by atoms with Crippen LogP contribution in [0.1, 0.15) is 63.0 Å². The number of carbonyl (C=O) groups excluding carboxylic acids is 2. The Morgan fingerprint density at radius 1 is 0.941 bits per heavy atom. The van der Waals surface area contributed by atoms with Crippen LogP contribution < -0.4 is 11.1 Å². The molecule has 1 atom stereocenters. The van der Waals surface area contributed by atoms with E-state index in [0.29, 0.717) is 11.1 Å². The summed E-state index contributed by atoms with van der Waals surface area (Å²) in [5, 5.41) is 11.8. The van der Waals surface area contributed by atoms with E-state index < -0.39 is 29.7 Å². The first-order chi connectivity index (χ1) is 15.6. The second-order valence-electron chi connectivity index (χ2n) is 9.87. The van der Waals surface area contributed by atoms with Gasteiger partial charge in [0.15, 0.2) is 0 Å². The third-order valence-corrected chi connectivity index (χ3v) is 3.80. The van der Waals surface area contributed by atoms with E-state index in [1.165, 1.54) is 0 Å². The van der Waals surface area contributed by atoms with Crippen molar-refractivity contribution in [3.05, 3.63) is 71.3 Å². The minimum atomic E-state index is -1.20. The Kier molecular flexibility index (Phi) is 10.7. The molecule has 0 aromatic heterocycles. The number of nitrogens with one attached hydrogen (secondary N) is 1. The molecular weight excluding hydrogens is 436 g/mol. The molecule has 0 aliphatic carbocycles. The first kappa shape index (κ1) is 28.6. The van der Waals surface area contributed by atoms with Crippen molar-refractivity contribution in [3.8, 4) is 0 Å². The summed E-state index contributed by atoms with van der Waals surface area (Å²) in [4.78, 5) is 35.7. The zero-order valence-corrected chi connectivity index (χ0v) is 20.8. The zero-order valence-electron chi connectivity index (χ0n) is 20.8. The molecule has 34 heavy (non-hydrogen) atoms. The lowest BCUT2D eigenvalue weighted by molar-refractivity contribution is -0.139. The highest BCUT2D eigenvalue weighted by atomic mass is 16.6. The first-order valence-electron chi connectivity index (χ1n) is 11.0. The fourth-order valence-electron chi connectivity index (χ4n) is 2.51. The van der Waals surface area contributed by atoms with Gasteiger partial charge in [0.05, 0.1) is 5.56 Å². The standard InChI is InChI=1S/C22H25NO6.C4H11N/c1-22(2,3)29-20(26)17-11-7-10-16(12-17)13-18(19(24)25)23-21(27)28-14-15-8-5-4-6-9-15;1-4(2,3)5/h4-12,18H,13-14H2,1-3H3,(H,23,27)(H,24,25);5H2,1-3H3/t18-;/m0./s1. The van der Waals surface area contributed by atoms with E-state index in [0.717, 1.165) is 5.56 Å². The number of hydrogen-bond acceptors (Lipinski definition) is 6. The van der Waals surface area contributed by atoms with Crippen molar-refractivity contribution in [1.82, 2.24) is 5.32 Å². The maximum Gasteiger partial charge on any atom is 0.408 e. The third-order valence-electron chi connectivity index (χ3n) is 3.80. The quantitative estimate of drug-likeness (QED) is 0.512. The van der Waals surface area contributed by atoms with Crippen LogP contribution in [-0.2, 0) is 27.3 Å². The average molecular weight is 473 g/mol. The lowest BCUT2D eigenvalue weighted by Crippen LogP contribution is -2.42. The Labute approximate surface area is 201 Å². The van der Waals surface area contributed by atoms with Crippen LogP contribution >= 0.6 is 0 Å². The van der Waals surface area contributed by atoms with Crippen molar-refractivity contribution in [3.63, 3.8) is 0 Å². The molecule has 0 saturated carbocycles. The topological polar surface area (TPSA) is 128 Å². The second-order valence-corrected chi connectivity index (χ2v) is 9.87. The number of ether oxygens (including phenoxy) is 2. The number of benzene rings is 2. The number of alkyl carbamates (subject to hydrolysis) is 1. The molecule has 8 heteroatoms. The largest absolute Gasteiger partial charge is 0.480 e. The minimum Gasteiger partial charge on any atom is -0.480 e. The Bertz CT molecular complexity index is 940. The van der Waals surface area contributed by atoms with E-state index in [4.69, 9.17) is 15.2 Å². The van der Waals surface area contributed by atoms with Crippen LogP contribution in [0, 0.1) is 0 Å². The average Bonchev–Trinajstić information content (AvgIpc) is 2.70. The second kappa shape index (κ2) is 12.7. The molecule has 186 valence electrons. The van der Waals surface area contributed by atoms with Gasteiger partial charge in [-0.25, -0.2) is 14.4 Å². The third kappa shape index (κ3) is 13.2. The highest BCUT2D eigenvalue weighted by Crippen LogP contribution is 2.14. The smallest absolute Gasteiger partial charge is 0.408 e. The van der Waals surface area contributed by atoms with Gasteiger partial charge in [-0.05, 0) is 64.8 Å². The Morgan fingerprint density at radius 3 is 2.03 bits per heavy atom. The molecule has 2 aromatic carbocycles. The number of carboxylic acids is 1. The van der Waals surface area contributed by atoms with Crippen LogP contribution in [0.4, 0.5) is 4.79 Å². The monoisotopic (exact) mass is 472 g/mol. The maximum atomic E-state index is 12.2. The summed E-state index contributed by atoms with van der Waals surface area (Å²) in [5.41, 5.74) is 6.39. The molecule has 0 heterocycles. The number of hydrogen-bond donors (Lipinski definition) is 3. The van der Waals surface area contributed by atoms with Crippen LogP contribution in [0.25, 0.3) is 0 Å². The summed E-state index contributed by atoms with van der Waals surface area (Å²) in [6, 6.07) is 14.3. The van der Waals surface area contributed by atoms with Gasteiger partial charge in [0.2, 0.25) is 0 Å². The molecule has 0 fully saturated rings. The van der Waals surface area contributed by atoms with Gasteiger partial charge in [0, 0.05) is 12.0 Å². The summed E-state index contributed by atoms with van der Waals surface area (Å²) in [7, 11) is 0. The molecule has 8 nitrogen and oxygen atoms in total. The number of carboxylic acid groups (broad SMARTS) is 1. The minimum absolute atomic E-state index is 0. The molecule has 0 radical (unpaired) electrons. The number of aliphatic carboxylic acids is 1. The number of nitrogens with two attached hydrogens (primary N) is 1. The fourth-order valence-corrected chi connectivity index (χ4v) is 2.51. The van der Waals surface area contributed by atoms with Crippen LogP contribution in [0.2, 0.25) is 0 Å². The van der Waals surface area contributed by atoms with Crippen LogP contribution in [0.5, 0.6) is 0 Å². The summed E-state index contributed by atoms with van der Waals surface area (Å²) >= 11 is 0. The number of carbonyl (C=O) groups is 3. The SMILES string of the molecule is CC(C)(C)N.CC(C)(C)OC(=O)c1cccc(C[C@H](NC(=O)OCc2ccccc2)C(=O)O)c1. The molecule has 0 aliphatic rings. The normalized spacial score (nSPS) is 12.0. The van der Waals surface area contributed by atoms with E-state index in [2.05, 4.69) is 5.32 Å². The van der Waals surface area contributed by atoms with Gasteiger partial charge < -0.3 is 25.6 Å². The van der Waals surface area contributed by atoms with E-state index in [-0.39, 0.29) is 18.6 Å². The number of esters is 1. The highest BCUT2D eigenvalue weighted by molar-refractivity contribution is 5.90. The van der Waals surface area contributed by atoms with Gasteiger partial charge in [-0.3, -0.25) is 0 Å². The van der Waals surface area contributed by atoms with Gasteiger partial charge in [-0.15, -0.1) is 0 Å². The Morgan fingerprint density at radius 2 is 1.50 bits per heavy atom. The van der Waals surface area contributed by atoms with Crippen molar-refractivity contribution in [2.45, 2.75) is 71.8 Å². The summed E-state index contributed by atoms with van der Waals surface area (Å²) < 4.78 is 10.4. The van der Waals surface area contributed by atoms with Gasteiger partial charge in [-0.2, -0.15) is 0 Å². The zero-order chi connectivity index (χ0) is 25.9.